The highest BCUT2D eigenvalue weighted by atomic mass is 16.5. The Morgan fingerprint density at radius 2 is 1.22 bits per heavy atom. The zero-order valence-electron chi connectivity index (χ0n) is 18.3. The zero-order valence-corrected chi connectivity index (χ0v) is 18.3. The Morgan fingerprint density at radius 1 is 0.531 bits per heavy atom. The van der Waals surface area contributed by atoms with Crippen LogP contribution in [0.3, 0.4) is 0 Å². The van der Waals surface area contributed by atoms with Crippen molar-refractivity contribution in [2.45, 2.75) is 19.3 Å². The molecule has 5 aromatic carbocycles. The largest absolute Gasteiger partial charge is 0.457 e. The van der Waals surface area contributed by atoms with Gasteiger partial charge in [0.2, 0.25) is 0 Å². The van der Waals surface area contributed by atoms with E-state index in [0.29, 0.717) is 0 Å². The summed E-state index contributed by atoms with van der Waals surface area (Å²) in [5.74, 6) is 1.90. The van der Waals surface area contributed by atoms with Crippen LogP contribution in [0.1, 0.15) is 25.0 Å². The van der Waals surface area contributed by atoms with Gasteiger partial charge in [0.25, 0.3) is 0 Å². The third-order valence-corrected chi connectivity index (χ3v) is 6.73. The van der Waals surface area contributed by atoms with Gasteiger partial charge in [-0.3, -0.25) is 0 Å². The molecule has 154 valence electrons. The topological polar surface area (TPSA) is 9.23 Å². The molecule has 0 aromatic heterocycles. The highest BCUT2D eigenvalue weighted by Gasteiger charge is 2.34. The second-order valence-corrected chi connectivity index (χ2v) is 9.04. The van der Waals surface area contributed by atoms with Gasteiger partial charge in [-0.15, -0.1) is 0 Å². The van der Waals surface area contributed by atoms with Crippen molar-refractivity contribution in [3.8, 4) is 33.8 Å². The van der Waals surface area contributed by atoms with Gasteiger partial charge in [0.1, 0.15) is 11.5 Å². The van der Waals surface area contributed by atoms with Crippen molar-refractivity contribution < 1.29 is 4.74 Å². The van der Waals surface area contributed by atoms with Gasteiger partial charge in [-0.25, -0.2) is 0 Å². The number of hydrogen-bond donors (Lipinski definition) is 0. The van der Waals surface area contributed by atoms with Crippen LogP contribution >= 0.6 is 0 Å². The van der Waals surface area contributed by atoms with Gasteiger partial charge in [-0.1, -0.05) is 98.8 Å². The fourth-order valence-corrected chi connectivity index (χ4v) is 4.97. The van der Waals surface area contributed by atoms with E-state index in [-0.39, 0.29) is 5.41 Å². The molecule has 0 atom stereocenters. The molecule has 0 saturated heterocycles. The molecule has 6 rings (SSSR count). The Kier molecular flexibility index (Phi) is 4.19. The molecule has 0 aliphatic carbocycles. The van der Waals surface area contributed by atoms with E-state index in [0.717, 1.165) is 11.5 Å². The second kappa shape index (κ2) is 7.10. The van der Waals surface area contributed by atoms with Crippen molar-refractivity contribution in [3.05, 3.63) is 120 Å². The molecular weight excluding hydrogens is 388 g/mol. The van der Waals surface area contributed by atoms with Crippen molar-refractivity contribution in [2.75, 3.05) is 0 Å². The van der Waals surface area contributed by atoms with Gasteiger partial charge in [0.15, 0.2) is 0 Å². The van der Waals surface area contributed by atoms with Gasteiger partial charge in [-0.2, -0.15) is 0 Å². The SMILES string of the molecule is CC1(C)c2ccccc2Oc2ccc(-c3cccc(-c4cccc5ccccc45)c3)cc21. The first-order valence-corrected chi connectivity index (χ1v) is 11.1. The van der Waals surface area contributed by atoms with Crippen molar-refractivity contribution >= 4 is 10.8 Å². The van der Waals surface area contributed by atoms with E-state index in [4.69, 9.17) is 4.74 Å². The lowest BCUT2D eigenvalue weighted by atomic mass is 9.75. The minimum absolute atomic E-state index is 0.118. The lowest BCUT2D eigenvalue weighted by Gasteiger charge is -2.34. The zero-order chi connectivity index (χ0) is 21.7. The van der Waals surface area contributed by atoms with Gasteiger partial charge < -0.3 is 4.74 Å². The molecule has 0 radical (unpaired) electrons. The van der Waals surface area contributed by atoms with Gasteiger partial charge in [-0.05, 0) is 57.3 Å². The smallest absolute Gasteiger partial charge is 0.131 e. The maximum atomic E-state index is 6.25. The monoisotopic (exact) mass is 412 g/mol. The van der Waals surface area contributed by atoms with E-state index in [1.165, 1.54) is 44.2 Å². The Morgan fingerprint density at radius 3 is 2.16 bits per heavy atom. The predicted octanol–water partition coefficient (Wildman–Crippen LogP) is 8.61. The number of hydrogen-bond acceptors (Lipinski definition) is 1. The van der Waals surface area contributed by atoms with Crippen LogP contribution in [0.5, 0.6) is 11.5 Å². The minimum Gasteiger partial charge on any atom is -0.457 e. The summed E-state index contributed by atoms with van der Waals surface area (Å²) in [6.07, 6.45) is 0. The molecule has 0 unspecified atom stereocenters. The molecule has 0 amide bonds. The molecule has 0 N–H and O–H groups in total. The Balaban J connectivity index is 1.46. The van der Waals surface area contributed by atoms with E-state index >= 15 is 0 Å². The molecule has 1 heteroatoms. The Hall–Kier alpha value is -3.84. The molecule has 0 spiro atoms. The first-order chi connectivity index (χ1) is 15.6. The highest BCUT2D eigenvalue weighted by molar-refractivity contribution is 5.97. The quantitative estimate of drug-likeness (QED) is 0.282. The Labute approximate surface area is 188 Å². The van der Waals surface area contributed by atoms with Crippen LogP contribution < -0.4 is 4.74 Å². The third kappa shape index (κ3) is 2.93. The highest BCUT2D eigenvalue weighted by Crippen LogP contribution is 2.48. The number of benzene rings is 5. The van der Waals surface area contributed by atoms with Crippen molar-refractivity contribution in [3.63, 3.8) is 0 Å². The molecule has 1 heterocycles. The summed E-state index contributed by atoms with van der Waals surface area (Å²) >= 11 is 0. The molecule has 0 bridgehead atoms. The van der Waals surface area contributed by atoms with Crippen molar-refractivity contribution in [1.82, 2.24) is 0 Å². The molecule has 32 heavy (non-hydrogen) atoms. The van der Waals surface area contributed by atoms with E-state index in [1.54, 1.807) is 0 Å². The van der Waals surface area contributed by atoms with Crippen LogP contribution in [0.2, 0.25) is 0 Å². The average molecular weight is 413 g/mol. The Bertz CT molecular complexity index is 1470. The van der Waals surface area contributed by atoms with Gasteiger partial charge >= 0.3 is 0 Å². The summed E-state index contributed by atoms with van der Waals surface area (Å²) in [4.78, 5) is 0. The van der Waals surface area contributed by atoms with E-state index in [9.17, 15) is 0 Å². The van der Waals surface area contributed by atoms with Crippen LogP contribution in [0, 0.1) is 0 Å². The fraction of sp³-hybridized carbons (Fsp3) is 0.0968. The summed E-state index contributed by atoms with van der Waals surface area (Å²) in [7, 11) is 0. The summed E-state index contributed by atoms with van der Waals surface area (Å²) in [5, 5.41) is 2.55. The molecule has 0 saturated carbocycles. The normalized spacial score (nSPS) is 13.8. The minimum atomic E-state index is -0.118. The van der Waals surface area contributed by atoms with Gasteiger partial charge in [0.05, 0.1) is 0 Å². The molecule has 1 aliphatic rings. The summed E-state index contributed by atoms with van der Waals surface area (Å²) in [6, 6.07) is 38.9. The van der Waals surface area contributed by atoms with Crippen LogP contribution in [0.15, 0.2) is 109 Å². The fourth-order valence-electron chi connectivity index (χ4n) is 4.97. The number of rotatable bonds is 2. The van der Waals surface area contributed by atoms with Crippen molar-refractivity contribution in [2.24, 2.45) is 0 Å². The first-order valence-electron chi connectivity index (χ1n) is 11.1. The lowest BCUT2D eigenvalue weighted by Crippen LogP contribution is -2.24. The number of fused-ring (bicyclic) bond motifs is 3. The molecule has 1 nitrogen and oxygen atoms in total. The summed E-state index contributed by atoms with van der Waals surface area (Å²) < 4.78 is 6.25. The maximum absolute atomic E-state index is 6.25. The molecule has 5 aromatic rings. The second-order valence-electron chi connectivity index (χ2n) is 9.04. The third-order valence-electron chi connectivity index (χ3n) is 6.73. The standard InChI is InChI=1S/C31H24O/c1-31(2)27-15-5-6-16-29(27)32-30-18-17-23(20-28(30)31)22-11-7-12-24(19-22)26-14-8-10-21-9-3-4-13-25(21)26/h3-20H,1-2H3. The molecule has 1 aliphatic heterocycles. The number of para-hydroxylation sites is 1. The first kappa shape index (κ1) is 18.9. The van der Waals surface area contributed by atoms with Crippen LogP contribution in [0.25, 0.3) is 33.0 Å². The van der Waals surface area contributed by atoms with E-state index in [2.05, 4.69) is 117 Å². The van der Waals surface area contributed by atoms with Crippen molar-refractivity contribution in [1.29, 1.82) is 0 Å². The molecule has 0 fully saturated rings. The van der Waals surface area contributed by atoms with Crippen LogP contribution in [-0.2, 0) is 5.41 Å². The van der Waals surface area contributed by atoms with Crippen LogP contribution in [-0.4, -0.2) is 0 Å². The lowest BCUT2D eigenvalue weighted by molar-refractivity contribution is 0.418. The average Bonchev–Trinajstić information content (AvgIpc) is 2.84. The molecular formula is C31H24O. The summed E-state index contributed by atoms with van der Waals surface area (Å²) in [5.41, 5.74) is 7.26. The van der Waals surface area contributed by atoms with Gasteiger partial charge in [0, 0.05) is 16.5 Å². The van der Waals surface area contributed by atoms with E-state index in [1.807, 2.05) is 6.07 Å². The summed E-state index contributed by atoms with van der Waals surface area (Å²) in [6.45, 7) is 4.56. The number of ether oxygens (including phenoxy) is 1. The predicted molar refractivity (Wildman–Crippen MR) is 133 cm³/mol. The maximum Gasteiger partial charge on any atom is 0.131 e. The van der Waals surface area contributed by atoms with Crippen LogP contribution in [0.4, 0.5) is 0 Å². The van der Waals surface area contributed by atoms with E-state index < -0.39 is 0 Å².